The van der Waals surface area contributed by atoms with Gasteiger partial charge in [0.1, 0.15) is 5.75 Å². The number of amides is 1. The van der Waals surface area contributed by atoms with Gasteiger partial charge in [0.05, 0.1) is 12.4 Å². The summed E-state index contributed by atoms with van der Waals surface area (Å²) in [5, 5.41) is 11.2. The van der Waals surface area contributed by atoms with E-state index < -0.39 is 0 Å². The molecule has 3 aromatic rings. The Morgan fingerprint density at radius 1 is 1.14 bits per heavy atom. The third kappa shape index (κ3) is 6.09. The smallest absolute Gasteiger partial charge is 0.277 e. The van der Waals surface area contributed by atoms with Gasteiger partial charge < -0.3 is 14.5 Å². The van der Waals surface area contributed by atoms with Gasteiger partial charge in [0.15, 0.2) is 0 Å². The number of hydrogen-bond acceptors (Lipinski definition) is 6. The molecule has 0 spiro atoms. The second kappa shape index (κ2) is 10.1. The number of thioether (sulfide) groups is 1. The van der Waals surface area contributed by atoms with Crippen LogP contribution in [-0.4, -0.2) is 28.5 Å². The van der Waals surface area contributed by atoms with Crippen LogP contribution in [0, 0.1) is 0 Å². The number of methoxy groups -OCH3 is 1. The van der Waals surface area contributed by atoms with Crippen molar-refractivity contribution < 1.29 is 13.9 Å². The number of carbonyl (C=O) groups excluding carboxylic acids is 1. The molecule has 0 radical (unpaired) electrons. The van der Waals surface area contributed by atoms with Gasteiger partial charge in [-0.25, -0.2) is 0 Å². The number of rotatable bonds is 9. The monoisotopic (exact) mass is 411 g/mol. The van der Waals surface area contributed by atoms with Gasteiger partial charge >= 0.3 is 0 Å². The van der Waals surface area contributed by atoms with Crippen molar-refractivity contribution in [2.75, 3.05) is 7.11 Å². The lowest BCUT2D eigenvalue weighted by molar-refractivity contribution is -0.120. The molecule has 6 nitrogen and oxygen atoms in total. The minimum atomic E-state index is -0.347. The molecule has 0 bridgehead atoms. The summed E-state index contributed by atoms with van der Waals surface area (Å²) in [7, 11) is 1.62. The summed E-state index contributed by atoms with van der Waals surface area (Å²) in [6.45, 7) is 4.38. The van der Waals surface area contributed by atoms with Crippen LogP contribution in [0.4, 0.5) is 0 Å². The highest BCUT2D eigenvalue weighted by atomic mass is 32.2. The first-order chi connectivity index (χ1) is 14.0. The number of ether oxygens (including phenoxy) is 1. The van der Waals surface area contributed by atoms with E-state index in [0.29, 0.717) is 24.1 Å². The van der Waals surface area contributed by atoms with E-state index in [9.17, 15) is 4.79 Å². The molecule has 0 saturated carbocycles. The molecule has 0 aliphatic rings. The van der Waals surface area contributed by atoms with Gasteiger partial charge in [-0.2, -0.15) is 0 Å². The standard InChI is InChI=1S/C22H25N3O3S/c1-15(18-9-5-4-6-10-18)12-20-24-25-22(28-20)29-16(2)21(26)23-14-17-8-7-11-19(13-17)27-3/h4-11,13,15-16H,12,14H2,1-3H3,(H,23,26). The number of hydrogen-bond donors (Lipinski definition) is 1. The van der Waals surface area contributed by atoms with Crippen LogP contribution in [0.2, 0.25) is 0 Å². The maximum Gasteiger partial charge on any atom is 0.277 e. The molecule has 29 heavy (non-hydrogen) atoms. The number of carbonyl (C=O) groups is 1. The van der Waals surface area contributed by atoms with Crippen LogP contribution in [0.5, 0.6) is 5.75 Å². The quantitative estimate of drug-likeness (QED) is 0.531. The summed E-state index contributed by atoms with van der Waals surface area (Å²) >= 11 is 1.26. The van der Waals surface area contributed by atoms with Crippen LogP contribution in [0.3, 0.4) is 0 Å². The average molecular weight is 412 g/mol. The number of benzene rings is 2. The van der Waals surface area contributed by atoms with Crippen molar-refractivity contribution in [1.82, 2.24) is 15.5 Å². The predicted octanol–water partition coefficient (Wildman–Crippen LogP) is 4.22. The molecule has 1 aromatic heterocycles. The number of aromatic nitrogens is 2. The van der Waals surface area contributed by atoms with Crippen molar-refractivity contribution in [1.29, 1.82) is 0 Å². The Hall–Kier alpha value is -2.80. The third-order valence-electron chi connectivity index (χ3n) is 4.55. The highest BCUT2D eigenvalue weighted by Gasteiger charge is 2.19. The van der Waals surface area contributed by atoms with E-state index in [1.165, 1.54) is 17.3 Å². The van der Waals surface area contributed by atoms with Crippen LogP contribution >= 0.6 is 11.8 Å². The fraction of sp³-hybridized carbons (Fsp3) is 0.318. The van der Waals surface area contributed by atoms with Gasteiger partial charge in [0.2, 0.25) is 11.8 Å². The van der Waals surface area contributed by atoms with Crippen molar-refractivity contribution in [3.63, 3.8) is 0 Å². The Morgan fingerprint density at radius 3 is 2.69 bits per heavy atom. The van der Waals surface area contributed by atoms with Crippen molar-refractivity contribution in [3.05, 3.63) is 71.6 Å². The summed E-state index contributed by atoms with van der Waals surface area (Å²) in [4.78, 5) is 12.4. The Balaban J connectivity index is 1.50. The zero-order valence-corrected chi connectivity index (χ0v) is 17.6. The van der Waals surface area contributed by atoms with Gasteiger partial charge in [-0.05, 0) is 36.1 Å². The Morgan fingerprint density at radius 2 is 1.93 bits per heavy atom. The highest BCUT2D eigenvalue weighted by molar-refractivity contribution is 8.00. The van der Waals surface area contributed by atoms with Gasteiger partial charge in [-0.3, -0.25) is 4.79 Å². The molecule has 0 saturated heterocycles. The summed E-state index contributed by atoms with van der Waals surface area (Å²) in [5.74, 6) is 1.53. The van der Waals surface area contributed by atoms with Gasteiger partial charge in [0.25, 0.3) is 5.22 Å². The molecule has 3 rings (SSSR count). The summed E-state index contributed by atoms with van der Waals surface area (Å²) < 4.78 is 10.9. The third-order valence-corrected chi connectivity index (χ3v) is 5.48. The lowest BCUT2D eigenvalue weighted by atomic mass is 9.98. The van der Waals surface area contributed by atoms with Crippen molar-refractivity contribution in [3.8, 4) is 5.75 Å². The minimum absolute atomic E-state index is 0.0878. The first-order valence-electron chi connectivity index (χ1n) is 9.49. The first-order valence-corrected chi connectivity index (χ1v) is 10.4. The van der Waals surface area contributed by atoms with E-state index in [0.717, 1.165) is 11.3 Å². The molecular formula is C22H25N3O3S. The Bertz CT molecular complexity index is 930. The van der Waals surface area contributed by atoms with Gasteiger partial charge in [-0.15, -0.1) is 10.2 Å². The van der Waals surface area contributed by atoms with Crippen molar-refractivity contribution in [2.24, 2.45) is 0 Å². The van der Waals surface area contributed by atoms with Crippen LogP contribution < -0.4 is 10.1 Å². The van der Waals surface area contributed by atoms with Crippen LogP contribution in [-0.2, 0) is 17.8 Å². The van der Waals surface area contributed by atoms with Crippen molar-refractivity contribution in [2.45, 2.75) is 43.2 Å². The van der Waals surface area contributed by atoms with E-state index >= 15 is 0 Å². The highest BCUT2D eigenvalue weighted by Crippen LogP contribution is 2.25. The van der Waals surface area contributed by atoms with Gasteiger partial charge in [0, 0.05) is 13.0 Å². The second-order valence-corrected chi connectivity index (χ2v) is 8.10. The zero-order chi connectivity index (χ0) is 20.6. The SMILES string of the molecule is COc1cccc(CNC(=O)C(C)Sc2nnc(CC(C)c3ccccc3)o2)c1. The molecule has 1 amide bonds. The molecule has 0 aliphatic carbocycles. The number of nitrogens with one attached hydrogen (secondary N) is 1. The topological polar surface area (TPSA) is 77.2 Å². The molecule has 2 aromatic carbocycles. The van der Waals surface area contributed by atoms with E-state index in [1.807, 2.05) is 49.4 Å². The zero-order valence-electron chi connectivity index (χ0n) is 16.8. The molecule has 1 N–H and O–H groups in total. The van der Waals surface area contributed by atoms with E-state index in [2.05, 4.69) is 34.6 Å². The fourth-order valence-electron chi connectivity index (χ4n) is 2.85. The molecule has 2 unspecified atom stereocenters. The van der Waals surface area contributed by atoms with Crippen LogP contribution in [0.25, 0.3) is 0 Å². The lowest BCUT2D eigenvalue weighted by Crippen LogP contribution is -2.30. The molecular weight excluding hydrogens is 386 g/mol. The summed E-state index contributed by atoms with van der Waals surface area (Å²) in [6.07, 6.45) is 0.661. The minimum Gasteiger partial charge on any atom is -0.497 e. The Labute approximate surface area is 175 Å². The van der Waals surface area contributed by atoms with E-state index in [1.54, 1.807) is 7.11 Å². The van der Waals surface area contributed by atoms with Crippen LogP contribution in [0.1, 0.15) is 36.8 Å². The molecule has 0 aliphatic heterocycles. The largest absolute Gasteiger partial charge is 0.497 e. The molecule has 1 heterocycles. The molecule has 152 valence electrons. The lowest BCUT2D eigenvalue weighted by Gasteiger charge is -2.10. The van der Waals surface area contributed by atoms with Crippen molar-refractivity contribution >= 4 is 17.7 Å². The molecule has 2 atom stereocenters. The summed E-state index contributed by atoms with van der Waals surface area (Å²) in [5.41, 5.74) is 2.20. The average Bonchev–Trinajstić information content (AvgIpc) is 3.19. The summed E-state index contributed by atoms with van der Waals surface area (Å²) in [6, 6.07) is 17.8. The second-order valence-electron chi connectivity index (χ2n) is 6.81. The Kier molecular flexibility index (Phi) is 7.30. The van der Waals surface area contributed by atoms with E-state index in [4.69, 9.17) is 9.15 Å². The normalized spacial score (nSPS) is 12.9. The van der Waals surface area contributed by atoms with Crippen LogP contribution in [0.15, 0.2) is 64.2 Å². The predicted molar refractivity (Wildman–Crippen MR) is 113 cm³/mol. The molecule has 7 heteroatoms. The van der Waals surface area contributed by atoms with E-state index in [-0.39, 0.29) is 17.1 Å². The van der Waals surface area contributed by atoms with Gasteiger partial charge in [-0.1, -0.05) is 61.2 Å². The maximum absolute atomic E-state index is 12.4. The maximum atomic E-state index is 12.4. The fourth-order valence-corrected chi connectivity index (χ4v) is 3.57. The first kappa shape index (κ1) is 20.9. The number of nitrogens with zero attached hydrogens (tertiary/aromatic N) is 2. The molecule has 0 fully saturated rings.